The number of likely N-dealkylation sites (N-methyl/N-ethyl adjacent to an activating group) is 1. The maximum atomic E-state index is 12.7. The number of nitrogens with one attached hydrogen (secondary N) is 2. The van der Waals surface area contributed by atoms with Crippen LogP contribution in [0.4, 0.5) is 0 Å². The van der Waals surface area contributed by atoms with Crippen molar-refractivity contribution in [2.75, 3.05) is 19.6 Å². The SMILES string of the molecule is CCN(CC)C(CNC(=O)Cn1c(-c2cccs2)n[nH]c1=S)c1ccccc1Cl. The van der Waals surface area contributed by atoms with Gasteiger partial charge in [-0.1, -0.05) is 49.7 Å². The second-order valence-corrected chi connectivity index (χ2v) is 8.22. The number of halogens is 1. The highest BCUT2D eigenvalue weighted by atomic mass is 35.5. The number of rotatable bonds is 9. The minimum Gasteiger partial charge on any atom is -0.353 e. The highest BCUT2D eigenvalue weighted by Crippen LogP contribution is 2.27. The monoisotopic (exact) mass is 449 g/mol. The molecular formula is C20H24ClN5OS2. The number of hydrogen-bond donors (Lipinski definition) is 2. The molecule has 0 fully saturated rings. The molecule has 154 valence electrons. The topological polar surface area (TPSA) is 66.0 Å². The fourth-order valence-electron chi connectivity index (χ4n) is 3.31. The zero-order valence-electron chi connectivity index (χ0n) is 16.4. The third-order valence-corrected chi connectivity index (χ3v) is 6.33. The molecule has 2 aromatic heterocycles. The second kappa shape index (κ2) is 10.2. The summed E-state index contributed by atoms with van der Waals surface area (Å²) in [5.41, 5.74) is 1.01. The van der Waals surface area contributed by atoms with Crippen LogP contribution < -0.4 is 5.32 Å². The van der Waals surface area contributed by atoms with Crippen molar-refractivity contribution in [2.45, 2.75) is 26.4 Å². The molecule has 0 bridgehead atoms. The highest BCUT2D eigenvalue weighted by molar-refractivity contribution is 7.71. The lowest BCUT2D eigenvalue weighted by atomic mass is 10.0. The van der Waals surface area contributed by atoms with E-state index in [0.29, 0.717) is 22.2 Å². The molecule has 1 aromatic carbocycles. The standard InChI is InChI=1S/C20H24ClN5OS2/c1-3-25(4-2)16(14-8-5-6-9-15(14)21)12-22-18(27)13-26-19(23-24-20(26)28)17-10-7-11-29-17/h5-11,16H,3-4,12-13H2,1-2H3,(H,22,27)(H,24,28). The Morgan fingerprint density at radius 3 is 2.72 bits per heavy atom. The number of thiophene rings is 1. The summed E-state index contributed by atoms with van der Waals surface area (Å²) in [7, 11) is 0. The number of aromatic nitrogens is 3. The van der Waals surface area contributed by atoms with E-state index in [2.05, 4.69) is 34.3 Å². The molecule has 1 unspecified atom stereocenters. The van der Waals surface area contributed by atoms with E-state index in [1.807, 2.05) is 41.8 Å². The number of amides is 1. The highest BCUT2D eigenvalue weighted by Gasteiger charge is 2.21. The maximum absolute atomic E-state index is 12.7. The van der Waals surface area contributed by atoms with Gasteiger partial charge in [-0.05, 0) is 48.4 Å². The number of H-pyrrole nitrogens is 1. The first-order valence-corrected chi connectivity index (χ1v) is 11.2. The molecule has 0 spiro atoms. The lowest BCUT2D eigenvalue weighted by molar-refractivity contribution is -0.121. The Morgan fingerprint density at radius 1 is 1.31 bits per heavy atom. The van der Waals surface area contributed by atoms with Gasteiger partial charge in [0.2, 0.25) is 5.91 Å². The van der Waals surface area contributed by atoms with Crippen LogP contribution in [-0.2, 0) is 11.3 Å². The summed E-state index contributed by atoms with van der Waals surface area (Å²) in [5, 5.41) is 12.8. The summed E-state index contributed by atoms with van der Waals surface area (Å²) in [6.07, 6.45) is 0. The number of carbonyl (C=O) groups is 1. The number of hydrogen-bond acceptors (Lipinski definition) is 5. The fourth-order valence-corrected chi connectivity index (χ4v) is 4.49. The molecule has 0 radical (unpaired) electrons. The van der Waals surface area contributed by atoms with Gasteiger partial charge < -0.3 is 5.32 Å². The molecule has 1 amide bonds. The number of benzene rings is 1. The van der Waals surface area contributed by atoms with E-state index in [4.69, 9.17) is 23.8 Å². The molecule has 0 aliphatic heterocycles. The van der Waals surface area contributed by atoms with Crippen molar-refractivity contribution >= 4 is 41.1 Å². The van der Waals surface area contributed by atoms with Gasteiger partial charge in [0, 0.05) is 11.6 Å². The van der Waals surface area contributed by atoms with Gasteiger partial charge in [-0.2, -0.15) is 5.10 Å². The van der Waals surface area contributed by atoms with Crippen LogP contribution in [0.25, 0.3) is 10.7 Å². The van der Waals surface area contributed by atoms with Gasteiger partial charge in [0.25, 0.3) is 0 Å². The van der Waals surface area contributed by atoms with Crippen LogP contribution in [0.2, 0.25) is 5.02 Å². The van der Waals surface area contributed by atoms with Crippen LogP contribution in [0.15, 0.2) is 41.8 Å². The minimum atomic E-state index is -0.121. The van der Waals surface area contributed by atoms with E-state index in [1.54, 1.807) is 15.9 Å². The molecule has 0 aliphatic rings. The zero-order valence-corrected chi connectivity index (χ0v) is 18.8. The summed E-state index contributed by atoms with van der Waals surface area (Å²) in [6, 6.07) is 11.7. The van der Waals surface area contributed by atoms with Crippen molar-refractivity contribution in [1.29, 1.82) is 0 Å². The van der Waals surface area contributed by atoms with Crippen molar-refractivity contribution in [3.05, 3.63) is 57.1 Å². The smallest absolute Gasteiger partial charge is 0.240 e. The largest absolute Gasteiger partial charge is 0.353 e. The summed E-state index contributed by atoms with van der Waals surface area (Å²) >= 11 is 13.3. The molecule has 3 aromatic rings. The van der Waals surface area contributed by atoms with Gasteiger partial charge >= 0.3 is 0 Å². The second-order valence-electron chi connectivity index (χ2n) is 6.48. The number of aromatic amines is 1. The van der Waals surface area contributed by atoms with Crippen molar-refractivity contribution in [2.24, 2.45) is 0 Å². The van der Waals surface area contributed by atoms with E-state index in [1.165, 1.54) is 0 Å². The molecule has 9 heteroatoms. The molecule has 1 atom stereocenters. The van der Waals surface area contributed by atoms with Gasteiger partial charge in [0.1, 0.15) is 6.54 Å². The average molecular weight is 450 g/mol. The molecule has 2 heterocycles. The normalized spacial score (nSPS) is 12.3. The van der Waals surface area contributed by atoms with Crippen molar-refractivity contribution in [3.8, 4) is 10.7 Å². The van der Waals surface area contributed by atoms with E-state index in [0.717, 1.165) is 23.5 Å². The van der Waals surface area contributed by atoms with Gasteiger partial charge in [-0.3, -0.25) is 19.4 Å². The third-order valence-electron chi connectivity index (χ3n) is 4.81. The Morgan fingerprint density at radius 2 is 2.07 bits per heavy atom. The van der Waals surface area contributed by atoms with Gasteiger partial charge in [0.05, 0.1) is 10.9 Å². The average Bonchev–Trinajstić information content (AvgIpc) is 3.36. The maximum Gasteiger partial charge on any atom is 0.240 e. The van der Waals surface area contributed by atoms with Crippen LogP contribution in [-0.4, -0.2) is 45.2 Å². The van der Waals surface area contributed by atoms with Crippen molar-refractivity contribution < 1.29 is 4.79 Å². The lowest BCUT2D eigenvalue weighted by Gasteiger charge is -2.31. The Labute approximate surface area is 184 Å². The van der Waals surface area contributed by atoms with Crippen LogP contribution in [0, 0.1) is 4.77 Å². The molecule has 0 aliphatic carbocycles. The quantitative estimate of drug-likeness (QED) is 0.471. The first-order chi connectivity index (χ1) is 14.0. The van der Waals surface area contributed by atoms with Crippen molar-refractivity contribution in [3.63, 3.8) is 0 Å². The van der Waals surface area contributed by atoms with Crippen LogP contribution in [0.3, 0.4) is 0 Å². The number of nitrogens with zero attached hydrogens (tertiary/aromatic N) is 3. The first-order valence-electron chi connectivity index (χ1n) is 9.49. The Bertz CT molecular complexity index is 994. The molecule has 29 heavy (non-hydrogen) atoms. The predicted octanol–water partition coefficient (Wildman–Crippen LogP) is 4.52. The Kier molecular flexibility index (Phi) is 7.60. The summed E-state index contributed by atoms with van der Waals surface area (Å²) in [4.78, 5) is 16.0. The number of carbonyl (C=O) groups excluding carboxylic acids is 1. The van der Waals surface area contributed by atoms with Crippen LogP contribution in [0.1, 0.15) is 25.5 Å². The summed E-state index contributed by atoms with van der Waals surface area (Å²) < 4.78 is 2.15. The van der Waals surface area contributed by atoms with Gasteiger partial charge in [-0.25, -0.2) is 0 Å². The molecule has 3 rings (SSSR count). The van der Waals surface area contributed by atoms with E-state index in [-0.39, 0.29) is 18.5 Å². The lowest BCUT2D eigenvalue weighted by Crippen LogP contribution is -2.39. The zero-order chi connectivity index (χ0) is 20.8. The first kappa shape index (κ1) is 21.7. The van der Waals surface area contributed by atoms with E-state index < -0.39 is 0 Å². The third kappa shape index (κ3) is 5.14. The van der Waals surface area contributed by atoms with Crippen LogP contribution >= 0.6 is 35.2 Å². The van der Waals surface area contributed by atoms with E-state index >= 15 is 0 Å². The fraction of sp³-hybridized carbons (Fsp3) is 0.350. The molecule has 0 saturated carbocycles. The van der Waals surface area contributed by atoms with Crippen LogP contribution in [0.5, 0.6) is 0 Å². The van der Waals surface area contributed by atoms with E-state index in [9.17, 15) is 4.79 Å². The Hall–Kier alpha value is -2.00. The van der Waals surface area contributed by atoms with Gasteiger partial charge in [-0.15, -0.1) is 11.3 Å². The molecule has 6 nitrogen and oxygen atoms in total. The van der Waals surface area contributed by atoms with Crippen molar-refractivity contribution in [1.82, 2.24) is 25.0 Å². The van der Waals surface area contributed by atoms with Gasteiger partial charge in [0.15, 0.2) is 10.6 Å². The predicted molar refractivity (Wildman–Crippen MR) is 121 cm³/mol. The Balaban J connectivity index is 1.74. The summed E-state index contributed by atoms with van der Waals surface area (Å²) in [5.74, 6) is 0.552. The summed E-state index contributed by atoms with van der Waals surface area (Å²) in [6.45, 7) is 6.50. The molecule has 0 saturated heterocycles. The molecular weight excluding hydrogens is 426 g/mol. The minimum absolute atomic E-state index is 0.00302. The molecule has 2 N–H and O–H groups in total.